The molecule has 0 aliphatic rings. The predicted octanol–water partition coefficient (Wildman–Crippen LogP) is 3.27. The van der Waals surface area contributed by atoms with Gasteiger partial charge >= 0.3 is 12.1 Å². The van der Waals surface area contributed by atoms with Gasteiger partial charge in [-0.15, -0.1) is 0 Å². The quantitative estimate of drug-likeness (QED) is 0.730. The third-order valence-corrected chi connectivity index (χ3v) is 3.00. The highest BCUT2D eigenvalue weighted by atomic mass is 16.6. The van der Waals surface area contributed by atoms with E-state index in [0.29, 0.717) is 19.4 Å². The monoisotopic (exact) mass is 287 g/mol. The Balaban J connectivity index is 4.42. The summed E-state index contributed by atoms with van der Waals surface area (Å²) in [5.74, 6) is 0.0451. The van der Waals surface area contributed by atoms with Crippen LogP contribution in [0.3, 0.4) is 0 Å². The Morgan fingerprint density at radius 2 is 1.80 bits per heavy atom. The van der Waals surface area contributed by atoms with E-state index in [-0.39, 0.29) is 17.9 Å². The molecule has 0 fully saturated rings. The highest BCUT2D eigenvalue weighted by Gasteiger charge is 2.23. The van der Waals surface area contributed by atoms with Gasteiger partial charge in [0.05, 0.1) is 6.61 Å². The van der Waals surface area contributed by atoms with Crippen LogP contribution in [0.1, 0.15) is 60.8 Å². The maximum absolute atomic E-state index is 11.8. The molecule has 0 heterocycles. The van der Waals surface area contributed by atoms with Crippen molar-refractivity contribution in [3.8, 4) is 0 Å². The second kappa shape index (κ2) is 8.82. The fraction of sp³-hybridized carbons (Fsp3) is 0.867. The first kappa shape index (κ1) is 18.7. The fourth-order valence-corrected chi connectivity index (χ4v) is 1.75. The third kappa shape index (κ3) is 8.77. The number of esters is 1. The van der Waals surface area contributed by atoms with Crippen molar-refractivity contribution in [3.63, 3.8) is 0 Å². The molecular formula is C15H29NO4. The minimum Gasteiger partial charge on any atom is -0.466 e. The average molecular weight is 287 g/mol. The maximum atomic E-state index is 11.8. The molecule has 1 N–H and O–H groups in total. The van der Waals surface area contributed by atoms with Crippen molar-refractivity contribution in [1.29, 1.82) is 0 Å². The number of rotatable bonds is 7. The molecule has 1 amide bonds. The Labute approximate surface area is 122 Å². The zero-order valence-corrected chi connectivity index (χ0v) is 13.6. The lowest BCUT2D eigenvalue weighted by Gasteiger charge is -2.26. The molecule has 0 aromatic heterocycles. The molecular weight excluding hydrogens is 258 g/mol. The summed E-state index contributed by atoms with van der Waals surface area (Å²) in [5.41, 5.74) is -0.523. The summed E-state index contributed by atoms with van der Waals surface area (Å²) in [6.07, 6.45) is 1.35. The van der Waals surface area contributed by atoms with Gasteiger partial charge in [-0.05, 0) is 40.0 Å². The molecule has 20 heavy (non-hydrogen) atoms. The minimum atomic E-state index is -0.523. The molecule has 0 aromatic rings. The molecule has 0 saturated heterocycles. The van der Waals surface area contributed by atoms with Crippen molar-refractivity contribution in [1.82, 2.24) is 5.32 Å². The van der Waals surface area contributed by atoms with Crippen molar-refractivity contribution in [2.75, 3.05) is 6.61 Å². The summed E-state index contributed by atoms with van der Waals surface area (Å²) >= 11 is 0. The van der Waals surface area contributed by atoms with Gasteiger partial charge in [-0.25, -0.2) is 4.79 Å². The van der Waals surface area contributed by atoms with Crippen LogP contribution in [0, 0.1) is 5.92 Å². The summed E-state index contributed by atoms with van der Waals surface area (Å²) in [5, 5.41) is 2.85. The Hall–Kier alpha value is -1.26. The van der Waals surface area contributed by atoms with Gasteiger partial charge in [0.1, 0.15) is 5.60 Å². The van der Waals surface area contributed by atoms with Crippen LogP contribution in [0.2, 0.25) is 0 Å². The number of alkyl carbamates (subject to hydrolysis) is 1. The lowest BCUT2D eigenvalue weighted by molar-refractivity contribution is -0.143. The summed E-state index contributed by atoms with van der Waals surface area (Å²) in [4.78, 5) is 23.2. The summed E-state index contributed by atoms with van der Waals surface area (Å²) in [6, 6.07) is -0.0840. The molecule has 0 spiro atoms. The topological polar surface area (TPSA) is 64.6 Å². The average Bonchev–Trinajstić information content (AvgIpc) is 2.31. The minimum absolute atomic E-state index is 0.0840. The maximum Gasteiger partial charge on any atom is 0.407 e. The Morgan fingerprint density at radius 1 is 1.20 bits per heavy atom. The Bertz CT molecular complexity index is 309. The molecule has 2 atom stereocenters. The van der Waals surface area contributed by atoms with E-state index < -0.39 is 11.7 Å². The van der Waals surface area contributed by atoms with E-state index in [2.05, 4.69) is 12.2 Å². The van der Waals surface area contributed by atoms with Crippen molar-refractivity contribution in [2.24, 2.45) is 5.92 Å². The van der Waals surface area contributed by atoms with E-state index in [1.807, 2.05) is 27.7 Å². The summed E-state index contributed by atoms with van der Waals surface area (Å²) in [6.45, 7) is 11.7. The van der Waals surface area contributed by atoms with Crippen LogP contribution in [0.25, 0.3) is 0 Å². The van der Waals surface area contributed by atoms with Gasteiger partial charge in [0.2, 0.25) is 0 Å². The van der Waals surface area contributed by atoms with E-state index in [4.69, 9.17) is 9.47 Å². The smallest absolute Gasteiger partial charge is 0.407 e. The number of hydrogen-bond acceptors (Lipinski definition) is 4. The molecule has 0 aliphatic carbocycles. The zero-order chi connectivity index (χ0) is 15.8. The summed E-state index contributed by atoms with van der Waals surface area (Å²) < 4.78 is 10.2. The van der Waals surface area contributed by atoms with Crippen LogP contribution in [0.4, 0.5) is 4.79 Å². The molecule has 5 nitrogen and oxygen atoms in total. The Kier molecular flexibility index (Phi) is 8.26. The highest BCUT2D eigenvalue weighted by molar-refractivity contribution is 5.70. The second-order valence-electron chi connectivity index (χ2n) is 5.98. The van der Waals surface area contributed by atoms with Gasteiger partial charge in [-0.1, -0.05) is 20.3 Å². The molecule has 0 aliphatic heterocycles. The zero-order valence-electron chi connectivity index (χ0n) is 13.6. The van der Waals surface area contributed by atoms with Crippen LogP contribution < -0.4 is 5.32 Å². The number of hydrogen-bond donors (Lipinski definition) is 1. The Morgan fingerprint density at radius 3 is 2.25 bits per heavy atom. The van der Waals surface area contributed by atoms with Gasteiger partial charge < -0.3 is 14.8 Å². The SMILES string of the molecule is CCOC(=O)CC[C@H](NC(=O)OC(C)(C)C)C(C)CC. The summed E-state index contributed by atoms with van der Waals surface area (Å²) in [7, 11) is 0. The van der Waals surface area contributed by atoms with Crippen molar-refractivity contribution >= 4 is 12.1 Å². The number of amides is 1. The van der Waals surface area contributed by atoms with Gasteiger partial charge in [0, 0.05) is 12.5 Å². The molecule has 118 valence electrons. The normalized spacial score (nSPS) is 14.3. The molecule has 0 saturated carbocycles. The van der Waals surface area contributed by atoms with Gasteiger partial charge in [-0.2, -0.15) is 0 Å². The van der Waals surface area contributed by atoms with Crippen molar-refractivity contribution < 1.29 is 19.1 Å². The van der Waals surface area contributed by atoms with E-state index >= 15 is 0 Å². The second-order valence-corrected chi connectivity index (χ2v) is 5.98. The molecule has 0 aromatic carbocycles. The van der Waals surface area contributed by atoms with E-state index in [9.17, 15) is 9.59 Å². The van der Waals surface area contributed by atoms with Crippen LogP contribution in [0.15, 0.2) is 0 Å². The van der Waals surface area contributed by atoms with Crippen LogP contribution in [-0.4, -0.2) is 30.3 Å². The first-order valence-electron chi connectivity index (χ1n) is 7.34. The van der Waals surface area contributed by atoms with Crippen LogP contribution in [-0.2, 0) is 14.3 Å². The number of carbonyl (C=O) groups excluding carboxylic acids is 2. The molecule has 0 rings (SSSR count). The largest absolute Gasteiger partial charge is 0.466 e. The van der Waals surface area contributed by atoms with Gasteiger partial charge in [0.25, 0.3) is 0 Å². The van der Waals surface area contributed by atoms with Gasteiger partial charge in [0.15, 0.2) is 0 Å². The number of ether oxygens (including phenoxy) is 2. The van der Waals surface area contributed by atoms with E-state index in [1.165, 1.54) is 0 Å². The third-order valence-electron chi connectivity index (χ3n) is 3.00. The predicted molar refractivity (Wildman–Crippen MR) is 78.5 cm³/mol. The van der Waals surface area contributed by atoms with E-state index in [1.54, 1.807) is 6.92 Å². The first-order chi connectivity index (χ1) is 9.19. The number of carbonyl (C=O) groups is 2. The number of nitrogens with one attached hydrogen (secondary N) is 1. The highest BCUT2D eigenvalue weighted by Crippen LogP contribution is 2.15. The lowest BCUT2D eigenvalue weighted by atomic mass is 9.95. The first-order valence-corrected chi connectivity index (χ1v) is 7.34. The van der Waals surface area contributed by atoms with Gasteiger partial charge in [-0.3, -0.25) is 4.79 Å². The fourth-order valence-electron chi connectivity index (χ4n) is 1.75. The molecule has 0 radical (unpaired) electrons. The standard InChI is InChI=1S/C15H29NO4/c1-7-11(3)12(9-10-13(17)19-8-2)16-14(18)20-15(4,5)6/h11-12H,7-10H2,1-6H3,(H,16,18)/t11?,12-/m0/s1. The lowest BCUT2D eigenvalue weighted by Crippen LogP contribution is -2.42. The van der Waals surface area contributed by atoms with Crippen molar-refractivity contribution in [2.45, 2.75) is 72.4 Å². The molecule has 5 heteroatoms. The molecule has 0 bridgehead atoms. The van der Waals surface area contributed by atoms with E-state index in [0.717, 1.165) is 6.42 Å². The molecule has 1 unspecified atom stereocenters. The van der Waals surface area contributed by atoms with Crippen LogP contribution >= 0.6 is 0 Å². The van der Waals surface area contributed by atoms with Crippen molar-refractivity contribution in [3.05, 3.63) is 0 Å². The van der Waals surface area contributed by atoms with Crippen LogP contribution in [0.5, 0.6) is 0 Å².